The average molecular weight is 268 g/mol. The Hall–Kier alpha value is -1.62. The van der Waals surface area contributed by atoms with E-state index < -0.39 is 11.9 Å². The molecule has 0 radical (unpaired) electrons. The van der Waals surface area contributed by atoms with Crippen LogP contribution >= 0.6 is 0 Å². The lowest BCUT2D eigenvalue weighted by Gasteiger charge is -2.24. The van der Waals surface area contributed by atoms with Crippen LogP contribution in [0.4, 0.5) is 4.39 Å². The van der Waals surface area contributed by atoms with Crippen molar-refractivity contribution in [3.8, 4) is 5.75 Å². The van der Waals surface area contributed by atoms with E-state index in [9.17, 15) is 9.18 Å². The lowest BCUT2D eigenvalue weighted by molar-refractivity contribution is -0.121. The average Bonchev–Trinajstić information content (AvgIpc) is 2.34. The van der Waals surface area contributed by atoms with E-state index in [0.717, 1.165) is 0 Å². The molecular weight excluding hydrogens is 247 g/mol. The molecule has 3 N–H and O–H groups in total. The number of ether oxygens (including phenoxy) is 1. The number of carbonyl (C=O) groups is 1. The Labute approximate surface area is 113 Å². The molecule has 1 aromatic carbocycles. The Morgan fingerprint density at radius 2 is 2.00 bits per heavy atom. The van der Waals surface area contributed by atoms with Crippen molar-refractivity contribution < 1.29 is 13.9 Å². The molecule has 1 amide bonds. The summed E-state index contributed by atoms with van der Waals surface area (Å²) in [5, 5.41) is 3.06. The summed E-state index contributed by atoms with van der Waals surface area (Å²) in [6.07, 6.45) is 0. The van der Waals surface area contributed by atoms with E-state index in [1.165, 1.54) is 13.2 Å². The molecule has 0 aromatic heterocycles. The first-order valence-electron chi connectivity index (χ1n) is 6.25. The maximum atomic E-state index is 13.9. The van der Waals surface area contributed by atoms with Crippen LogP contribution in [0.25, 0.3) is 0 Å². The highest BCUT2D eigenvalue weighted by molar-refractivity contribution is 5.80. The predicted octanol–water partition coefficient (Wildman–Crippen LogP) is 1.99. The normalized spacial score (nSPS) is 14.2. The number of nitrogens with one attached hydrogen (secondary N) is 1. The molecule has 2 unspecified atom stereocenters. The van der Waals surface area contributed by atoms with E-state index in [2.05, 4.69) is 5.32 Å². The number of hydrogen-bond donors (Lipinski definition) is 2. The largest absolute Gasteiger partial charge is 0.497 e. The first-order valence-corrected chi connectivity index (χ1v) is 6.25. The molecule has 0 heterocycles. The zero-order valence-electron chi connectivity index (χ0n) is 11.7. The lowest BCUT2D eigenvalue weighted by Crippen LogP contribution is -2.46. The van der Waals surface area contributed by atoms with Gasteiger partial charge in [0.1, 0.15) is 11.6 Å². The van der Waals surface area contributed by atoms with Gasteiger partial charge in [-0.25, -0.2) is 4.39 Å². The maximum Gasteiger partial charge on any atom is 0.234 e. The zero-order valence-corrected chi connectivity index (χ0v) is 11.7. The van der Waals surface area contributed by atoms with Crippen molar-refractivity contribution in [2.24, 2.45) is 11.7 Å². The Bertz CT molecular complexity index is 449. The van der Waals surface area contributed by atoms with Crippen molar-refractivity contribution in [1.29, 1.82) is 0 Å². The molecule has 0 fully saturated rings. The summed E-state index contributed by atoms with van der Waals surface area (Å²) in [6.45, 7) is 5.57. The van der Waals surface area contributed by atoms with Crippen LogP contribution in [0.5, 0.6) is 5.75 Å². The molecule has 0 saturated carbocycles. The van der Waals surface area contributed by atoms with Crippen molar-refractivity contribution in [2.45, 2.75) is 32.9 Å². The smallest absolute Gasteiger partial charge is 0.234 e. The third-order valence-electron chi connectivity index (χ3n) is 3.08. The molecule has 19 heavy (non-hydrogen) atoms. The lowest BCUT2D eigenvalue weighted by atomic mass is 10.0. The van der Waals surface area contributed by atoms with Crippen LogP contribution < -0.4 is 15.8 Å². The Morgan fingerprint density at radius 1 is 1.37 bits per heavy atom. The molecule has 0 aliphatic carbocycles. The van der Waals surface area contributed by atoms with E-state index in [-0.39, 0.29) is 17.8 Å². The summed E-state index contributed by atoms with van der Waals surface area (Å²) in [7, 11) is 1.48. The van der Waals surface area contributed by atoms with Crippen LogP contribution in [0.15, 0.2) is 18.2 Å². The van der Waals surface area contributed by atoms with Gasteiger partial charge in [0.25, 0.3) is 0 Å². The monoisotopic (exact) mass is 268 g/mol. The molecule has 0 aliphatic heterocycles. The van der Waals surface area contributed by atoms with E-state index in [1.54, 1.807) is 19.1 Å². The topological polar surface area (TPSA) is 64.3 Å². The third-order valence-corrected chi connectivity index (χ3v) is 3.08. The second-order valence-electron chi connectivity index (χ2n) is 4.90. The van der Waals surface area contributed by atoms with Gasteiger partial charge in [-0.15, -0.1) is 0 Å². The van der Waals surface area contributed by atoms with Gasteiger partial charge in [0, 0.05) is 17.7 Å². The summed E-state index contributed by atoms with van der Waals surface area (Å²) < 4.78 is 18.9. The minimum absolute atomic E-state index is 0.0428. The minimum atomic E-state index is -0.489. The molecule has 1 rings (SSSR count). The van der Waals surface area contributed by atoms with Gasteiger partial charge in [0.15, 0.2) is 0 Å². The number of nitrogens with two attached hydrogens (primary N) is 1. The number of rotatable bonds is 6. The highest BCUT2D eigenvalue weighted by Gasteiger charge is 2.23. The fourth-order valence-electron chi connectivity index (χ4n) is 1.95. The van der Waals surface area contributed by atoms with Gasteiger partial charge in [-0.1, -0.05) is 19.9 Å². The standard InChI is InChI=1S/C14H21FN2O2/c1-8(2)13(14(16)18)17-9(3)11-6-5-10(19-4)7-12(11)15/h5-9,13,17H,1-4H3,(H2,16,18). The van der Waals surface area contributed by atoms with Gasteiger partial charge in [0.05, 0.1) is 13.2 Å². The molecular formula is C14H21FN2O2. The number of amides is 1. The fourth-order valence-corrected chi connectivity index (χ4v) is 1.95. The van der Waals surface area contributed by atoms with E-state index in [4.69, 9.17) is 10.5 Å². The highest BCUT2D eigenvalue weighted by Crippen LogP contribution is 2.22. The number of benzene rings is 1. The number of primary amides is 1. The van der Waals surface area contributed by atoms with E-state index in [1.807, 2.05) is 13.8 Å². The Kier molecular flexibility index (Phi) is 5.30. The second-order valence-corrected chi connectivity index (χ2v) is 4.90. The van der Waals surface area contributed by atoms with Gasteiger partial charge in [0.2, 0.25) is 5.91 Å². The Morgan fingerprint density at radius 3 is 2.42 bits per heavy atom. The summed E-state index contributed by atoms with van der Waals surface area (Å²) in [6, 6.07) is 3.85. The molecule has 0 saturated heterocycles. The van der Waals surface area contributed by atoms with Crippen molar-refractivity contribution in [3.63, 3.8) is 0 Å². The van der Waals surface area contributed by atoms with Crippen molar-refractivity contribution in [1.82, 2.24) is 5.32 Å². The number of methoxy groups -OCH3 is 1. The molecule has 1 aromatic rings. The molecule has 106 valence electrons. The third kappa shape index (κ3) is 3.92. The number of halogens is 1. The van der Waals surface area contributed by atoms with Crippen LogP contribution in [-0.2, 0) is 4.79 Å². The van der Waals surface area contributed by atoms with Gasteiger partial charge in [-0.2, -0.15) is 0 Å². The summed E-state index contributed by atoms with van der Waals surface area (Å²) >= 11 is 0. The first kappa shape index (κ1) is 15.4. The Balaban J connectivity index is 2.88. The van der Waals surface area contributed by atoms with Crippen molar-refractivity contribution in [3.05, 3.63) is 29.6 Å². The number of carbonyl (C=O) groups excluding carboxylic acids is 1. The van der Waals surface area contributed by atoms with E-state index >= 15 is 0 Å². The second kappa shape index (κ2) is 6.52. The van der Waals surface area contributed by atoms with Crippen LogP contribution in [0.3, 0.4) is 0 Å². The van der Waals surface area contributed by atoms with E-state index in [0.29, 0.717) is 11.3 Å². The SMILES string of the molecule is COc1ccc(C(C)NC(C(N)=O)C(C)C)c(F)c1. The first-order chi connectivity index (χ1) is 8.86. The number of hydrogen-bond acceptors (Lipinski definition) is 3. The van der Waals surface area contributed by atoms with Crippen molar-refractivity contribution >= 4 is 5.91 Å². The quantitative estimate of drug-likeness (QED) is 0.829. The molecule has 5 heteroatoms. The molecule has 0 bridgehead atoms. The van der Waals surface area contributed by atoms with Gasteiger partial charge in [-0.3, -0.25) is 10.1 Å². The minimum Gasteiger partial charge on any atom is -0.497 e. The van der Waals surface area contributed by atoms with Gasteiger partial charge in [-0.05, 0) is 18.9 Å². The maximum absolute atomic E-state index is 13.9. The van der Waals surface area contributed by atoms with Crippen LogP contribution in [0.2, 0.25) is 0 Å². The fraction of sp³-hybridized carbons (Fsp3) is 0.500. The zero-order chi connectivity index (χ0) is 14.6. The predicted molar refractivity (Wildman–Crippen MR) is 72.3 cm³/mol. The molecule has 0 spiro atoms. The van der Waals surface area contributed by atoms with Crippen LogP contribution in [-0.4, -0.2) is 19.1 Å². The van der Waals surface area contributed by atoms with Gasteiger partial charge >= 0.3 is 0 Å². The summed E-state index contributed by atoms with van der Waals surface area (Å²) in [4.78, 5) is 11.3. The molecule has 2 atom stereocenters. The van der Waals surface area contributed by atoms with Crippen LogP contribution in [0.1, 0.15) is 32.4 Å². The van der Waals surface area contributed by atoms with Crippen molar-refractivity contribution in [2.75, 3.05) is 7.11 Å². The summed E-state index contributed by atoms with van der Waals surface area (Å²) in [5.74, 6) is -0.299. The molecule has 0 aliphatic rings. The highest BCUT2D eigenvalue weighted by atomic mass is 19.1. The van der Waals surface area contributed by atoms with Crippen LogP contribution in [0, 0.1) is 11.7 Å². The molecule has 4 nitrogen and oxygen atoms in total. The van der Waals surface area contributed by atoms with Gasteiger partial charge < -0.3 is 10.5 Å². The summed E-state index contributed by atoms with van der Waals surface area (Å²) in [5.41, 5.74) is 5.81.